The molecular formula is C16H25N3O4. The number of carbonyl (C=O) groups is 1. The predicted molar refractivity (Wildman–Crippen MR) is 84.3 cm³/mol. The molecule has 1 N–H and O–H groups in total. The smallest absolute Gasteiger partial charge is 0.239 e. The molecule has 7 nitrogen and oxygen atoms in total. The van der Waals surface area contributed by atoms with Crippen LogP contribution < -0.4 is 5.32 Å². The molecule has 0 spiro atoms. The number of nitrogens with one attached hydrogen (secondary N) is 1. The first-order chi connectivity index (χ1) is 11.2. The lowest BCUT2D eigenvalue weighted by Gasteiger charge is -2.26. The Morgan fingerprint density at radius 1 is 1.26 bits per heavy atom. The second-order valence-corrected chi connectivity index (χ2v) is 6.34. The third-order valence-electron chi connectivity index (χ3n) is 4.23. The molecule has 0 radical (unpaired) electrons. The Morgan fingerprint density at radius 2 is 1.91 bits per heavy atom. The first-order valence-corrected chi connectivity index (χ1v) is 8.38. The molecule has 0 aromatic carbocycles. The summed E-state index contributed by atoms with van der Waals surface area (Å²) in [7, 11) is 0. The predicted octanol–water partition coefficient (Wildman–Crippen LogP) is 1.58. The number of nitrogens with zero attached hydrogens (tertiary/aromatic N) is 2. The van der Waals surface area contributed by atoms with E-state index in [4.69, 9.17) is 14.0 Å². The van der Waals surface area contributed by atoms with Crippen LogP contribution in [0.3, 0.4) is 0 Å². The third-order valence-corrected chi connectivity index (χ3v) is 4.23. The Labute approximate surface area is 136 Å². The third kappa shape index (κ3) is 5.02. The monoisotopic (exact) mass is 323 g/mol. The lowest BCUT2D eigenvalue weighted by atomic mass is 10.2. The van der Waals surface area contributed by atoms with Crippen LogP contribution in [0.25, 0.3) is 0 Å². The van der Waals surface area contributed by atoms with Crippen LogP contribution in [0.15, 0.2) is 10.6 Å². The van der Waals surface area contributed by atoms with E-state index in [2.05, 4.69) is 15.4 Å². The van der Waals surface area contributed by atoms with Crippen molar-refractivity contribution in [1.82, 2.24) is 10.1 Å². The van der Waals surface area contributed by atoms with Crippen molar-refractivity contribution in [2.24, 2.45) is 0 Å². The highest BCUT2D eigenvalue weighted by molar-refractivity contribution is 5.91. The fourth-order valence-electron chi connectivity index (χ4n) is 3.17. The van der Waals surface area contributed by atoms with Gasteiger partial charge in [-0.05, 0) is 32.6 Å². The zero-order valence-corrected chi connectivity index (χ0v) is 13.6. The van der Waals surface area contributed by atoms with Gasteiger partial charge in [-0.3, -0.25) is 9.69 Å². The van der Waals surface area contributed by atoms with Crippen molar-refractivity contribution in [1.29, 1.82) is 0 Å². The standard InChI is InChI=1S/C16H25N3O4/c1-12-8-15(18-23-12)17-16(20)11-19(9-13-4-2-6-21-13)10-14-5-3-7-22-14/h8,13-14H,2-7,9-11H2,1H3,(H,17,18,20)/t13-,14+. The number of carbonyl (C=O) groups excluding carboxylic acids is 1. The summed E-state index contributed by atoms with van der Waals surface area (Å²) in [6, 6.07) is 1.71. The van der Waals surface area contributed by atoms with Gasteiger partial charge in [0.25, 0.3) is 0 Å². The molecule has 0 unspecified atom stereocenters. The van der Waals surface area contributed by atoms with Crippen LogP contribution in [0.1, 0.15) is 31.4 Å². The molecule has 7 heteroatoms. The first-order valence-electron chi connectivity index (χ1n) is 8.38. The van der Waals surface area contributed by atoms with Gasteiger partial charge in [0.1, 0.15) is 5.76 Å². The zero-order valence-electron chi connectivity index (χ0n) is 13.6. The minimum atomic E-state index is -0.0886. The second-order valence-electron chi connectivity index (χ2n) is 6.34. The van der Waals surface area contributed by atoms with E-state index in [0.717, 1.165) is 52.0 Å². The highest BCUT2D eigenvalue weighted by Crippen LogP contribution is 2.17. The van der Waals surface area contributed by atoms with Crippen molar-refractivity contribution >= 4 is 11.7 Å². The highest BCUT2D eigenvalue weighted by Gasteiger charge is 2.25. The summed E-state index contributed by atoms with van der Waals surface area (Å²) in [5.41, 5.74) is 0. The van der Waals surface area contributed by atoms with Gasteiger partial charge in [-0.1, -0.05) is 5.16 Å². The summed E-state index contributed by atoms with van der Waals surface area (Å²) in [4.78, 5) is 14.4. The van der Waals surface area contributed by atoms with Gasteiger partial charge in [-0.15, -0.1) is 0 Å². The van der Waals surface area contributed by atoms with E-state index in [1.165, 1.54) is 0 Å². The molecule has 1 aromatic rings. The molecule has 3 heterocycles. The first kappa shape index (κ1) is 16.4. The largest absolute Gasteiger partial charge is 0.377 e. The summed E-state index contributed by atoms with van der Waals surface area (Å²) in [6.07, 6.45) is 4.77. The number of hydrogen-bond donors (Lipinski definition) is 1. The maximum atomic E-state index is 12.3. The second kappa shape index (κ2) is 7.90. The summed E-state index contributed by atoms with van der Waals surface area (Å²) in [5.74, 6) is 1.05. The lowest BCUT2D eigenvalue weighted by molar-refractivity contribution is -0.118. The van der Waals surface area contributed by atoms with Gasteiger partial charge >= 0.3 is 0 Å². The van der Waals surface area contributed by atoms with Gasteiger partial charge in [0.15, 0.2) is 5.82 Å². The molecule has 0 aliphatic carbocycles. The van der Waals surface area contributed by atoms with Crippen molar-refractivity contribution in [3.05, 3.63) is 11.8 Å². The number of ether oxygens (including phenoxy) is 2. The Bertz CT molecular complexity index is 489. The fourth-order valence-corrected chi connectivity index (χ4v) is 3.17. The molecule has 2 saturated heterocycles. The van der Waals surface area contributed by atoms with Crippen molar-refractivity contribution in [2.45, 2.75) is 44.8 Å². The van der Waals surface area contributed by atoms with Gasteiger partial charge in [0.2, 0.25) is 5.91 Å². The minimum Gasteiger partial charge on any atom is -0.377 e. The summed E-state index contributed by atoms with van der Waals surface area (Å²) < 4.78 is 16.4. The molecule has 2 aliphatic rings. The van der Waals surface area contributed by atoms with E-state index in [9.17, 15) is 4.79 Å². The molecule has 1 amide bonds. The Morgan fingerprint density at radius 3 is 2.39 bits per heavy atom. The fraction of sp³-hybridized carbons (Fsp3) is 0.750. The molecule has 0 saturated carbocycles. The summed E-state index contributed by atoms with van der Waals surface area (Å²) in [5, 5.41) is 6.57. The number of amides is 1. The van der Waals surface area contributed by atoms with Crippen LogP contribution in [0.2, 0.25) is 0 Å². The van der Waals surface area contributed by atoms with Crippen LogP contribution in [-0.4, -0.2) is 61.0 Å². The van der Waals surface area contributed by atoms with E-state index >= 15 is 0 Å². The number of aromatic nitrogens is 1. The maximum absolute atomic E-state index is 12.3. The SMILES string of the molecule is Cc1cc(NC(=O)CN(C[C@H]2CCCO2)C[C@@H]2CCCO2)no1. The quantitative estimate of drug-likeness (QED) is 0.821. The molecule has 2 fully saturated rings. The maximum Gasteiger partial charge on any atom is 0.239 e. The van der Waals surface area contributed by atoms with E-state index in [1.54, 1.807) is 13.0 Å². The molecule has 1 aromatic heterocycles. The minimum absolute atomic E-state index is 0.0886. The van der Waals surface area contributed by atoms with Gasteiger partial charge in [0, 0.05) is 32.4 Å². The number of aryl methyl sites for hydroxylation is 1. The number of rotatable bonds is 7. The highest BCUT2D eigenvalue weighted by atomic mass is 16.5. The molecule has 23 heavy (non-hydrogen) atoms. The Balaban J connectivity index is 1.53. The normalized spacial score (nSPS) is 24.4. The molecule has 0 bridgehead atoms. The lowest BCUT2D eigenvalue weighted by Crippen LogP contribution is -2.42. The average molecular weight is 323 g/mol. The summed E-state index contributed by atoms with van der Waals surface area (Å²) >= 11 is 0. The van der Waals surface area contributed by atoms with Crippen molar-refractivity contribution < 1.29 is 18.8 Å². The van der Waals surface area contributed by atoms with Crippen LogP contribution in [0.5, 0.6) is 0 Å². The van der Waals surface area contributed by atoms with Gasteiger partial charge in [-0.25, -0.2) is 0 Å². The zero-order chi connectivity index (χ0) is 16.1. The molecular weight excluding hydrogens is 298 g/mol. The Kier molecular flexibility index (Phi) is 5.64. The van der Waals surface area contributed by atoms with Crippen LogP contribution in [0, 0.1) is 6.92 Å². The molecule has 128 valence electrons. The number of anilines is 1. The topological polar surface area (TPSA) is 76.8 Å². The van der Waals surface area contributed by atoms with E-state index in [0.29, 0.717) is 18.1 Å². The molecule has 3 rings (SSSR count). The number of hydrogen-bond acceptors (Lipinski definition) is 6. The van der Waals surface area contributed by atoms with Crippen LogP contribution >= 0.6 is 0 Å². The van der Waals surface area contributed by atoms with Crippen molar-refractivity contribution in [3.63, 3.8) is 0 Å². The molecule has 2 atom stereocenters. The van der Waals surface area contributed by atoms with E-state index in [-0.39, 0.29) is 18.1 Å². The van der Waals surface area contributed by atoms with Crippen LogP contribution in [0.4, 0.5) is 5.82 Å². The summed E-state index contributed by atoms with van der Waals surface area (Å²) in [6.45, 7) is 5.29. The van der Waals surface area contributed by atoms with E-state index in [1.807, 2.05) is 0 Å². The van der Waals surface area contributed by atoms with Gasteiger partial charge in [-0.2, -0.15) is 0 Å². The molecule has 2 aliphatic heterocycles. The van der Waals surface area contributed by atoms with Gasteiger partial charge < -0.3 is 19.3 Å². The van der Waals surface area contributed by atoms with E-state index < -0.39 is 0 Å². The Hall–Kier alpha value is -1.44. The average Bonchev–Trinajstić information content (AvgIpc) is 3.23. The van der Waals surface area contributed by atoms with Crippen molar-refractivity contribution in [3.8, 4) is 0 Å². The van der Waals surface area contributed by atoms with Gasteiger partial charge in [0.05, 0.1) is 18.8 Å². The van der Waals surface area contributed by atoms with Crippen LogP contribution in [-0.2, 0) is 14.3 Å². The van der Waals surface area contributed by atoms with Crippen molar-refractivity contribution in [2.75, 3.05) is 38.2 Å².